The van der Waals surface area contributed by atoms with Crippen LogP contribution in [-0.4, -0.2) is 60.3 Å². The van der Waals surface area contributed by atoms with Gasteiger partial charge in [0.2, 0.25) is 0 Å². The van der Waals surface area contributed by atoms with Crippen LogP contribution in [0.5, 0.6) is 5.75 Å². The van der Waals surface area contributed by atoms with Gasteiger partial charge in [-0.15, -0.1) is 0 Å². The van der Waals surface area contributed by atoms with Crippen molar-refractivity contribution in [3.63, 3.8) is 0 Å². The summed E-state index contributed by atoms with van der Waals surface area (Å²) >= 11 is 0. The highest BCUT2D eigenvalue weighted by molar-refractivity contribution is 5.21. The summed E-state index contributed by atoms with van der Waals surface area (Å²) in [5.41, 5.74) is 0.994. The topological polar surface area (TPSA) is 35.9 Å². The standard InChI is InChI=1S/C21H28N2O2/c1-18-16-22(14-15-25-20-10-6-3-7-11-20)12-13-23(18)17-21(24)19-8-4-2-5-9-19/h2-11,18,21,24H,12-17H2,1H3/t18-,21+/m1/s1. The first kappa shape index (κ1) is 17.9. The van der Waals surface area contributed by atoms with Crippen LogP contribution in [0.1, 0.15) is 18.6 Å². The van der Waals surface area contributed by atoms with E-state index in [4.69, 9.17) is 4.74 Å². The van der Waals surface area contributed by atoms with E-state index in [2.05, 4.69) is 16.7 Å². The van der Waals surface area contributed by atoms with Crippen molar-refractivity contribution in [2.24, 2.45) is 0 Å². The third-order valence-electron chi connectivity index (χ3n) is 4.86. The normalized spacial score (nSPS) is 20.3. The predicted molar refractivity (Wildman–Crippen MR) is 101 cm³/mol. The van der Waals surface area contributed by atoms with Gasteiger partial charge in [0.25, 0.3) is 0 Å². The Morgan fingerprint density at radius 2 is 1.72 bits per heavy atom. The third-order valence-corrected chi connectivity index (χ3v) is 4.86. The molecule has 25 heavy (non-hydrogen) atoms. The molecule has 4 nitrogen and oxygen atoms in total. The van der Waals surface area contributed by atoms with Gasteiger partial charge in [0.1, 0.15) is 12.4 Å². The summed E-state index contributed by atoms with van der Waals surface area (Å²) in [5.74, 6) is 0.931. The number of piperazine rings is 1. The van der Waals surface area contributed by atoms with Crippen molar-refractivity contribution < 1.29 is 9.84 Å². The first-order chi connectivity index (χ1) is 12.2. The van der Waals surface area contributed by atoms with E-state index in [1.165, 1.54) is 0 Å². The molecule has 1 N–H and O–H groups in total. The SMILES string of the molecule is C[C@@H]1CN(CCOc2ccccc2)CCN1C[C@H](O)c1ccccc1. The van der Waals surface area contributed by atoms with E-state index >= 15 is 0 Å². The van der Waals surface area contributed by atoms with Crippen molar-refractivity contribution in [2.45, 2.75) is 19.1 Å². The minimum Gasteiger partial charge on any atom is -0.492 e. The molecule has 1 aliphatic heterocycles. The maximum Gasteiger partial charge on any atom is 0.119 e. The average molecular weight is 340 g/mol. The Morgan fingerprint density at radius 3 is 2.40 bits per heavy atom. The zero-order valence-electron chi connectivity index (χ0n) is 14.9. The number of hydrogen-bond donors (Lipinski definition) is 1. The maximum atomic E-state index is 10.4. The molecule has 3 rings (SSSR count). The first-order valence-corrected chi connectivity index (χ1v) is 9.09. The van der Waals surface area contributed by atoms with Gasteiger partial charge in [-0.2, -0.15) is 0 Å². The summed E-state index contributed by atoms with van der Waals surface area (Å²) in [4.78, 5) is 4.82. The predicted octanol–water partition coefficient (Wildman–Crippen LogP) is 2.81. The molecule has 2 aromatic carbocycles. The lowest BCUT2D eigenvalue weighted by atomic mass is 10.1. The zero-order chi connectivity index (χ0) is 17.5. The van der Waals surface area contributed by atoms with Gasteiger partial charge in [0, 0.05) is 38.8 Å². The molecule has 2 atom stereocenters. The molecule has 0 saturated carbocycles. The number of aliphatic hydroxyl groups excluding tert-OH is 1. The summed E-state index contributed by atoms with van der Waals surface area (Å²) in [7, 11) is 0. The van der Waals surface area contributed by atoms with Gasteiger partial charge in [-0.25, -0.2) is 0 Å². The maximum absolute atomic E-state index is 10.4. The number of rotatable bonds is 7. The molecule has 1 saturated heterocycles. The Kier molecular flexibility index (Phi) is 6.45. The van der Waals surface area contributed by atoms with Gasteiger partial charge < -0.3 is 9.84 Å². The highest BCUT2D eigenvalue weighted by atomic mass is 16.5. The summed E-state index contributed by atoms with van der Waals surface area (Å²) in [5, 5.41) is 10.4. The van der Waals surface area contributed by atoms with Gasteiger partial charge >= 0.3 is 0 Å². The van der Waals surface area contributed by atoms with Crippen LogP contribution in [0, 0.1) is 0 Å². The number of aliphatic hydroxyl groups is 1. The Bertz CT molecular complexity index is 620. The molecule has 0 aliphatic carbocycles. The average Bonchev–Trinajstić information content (AvgIpc) is 2.65. The fourth-order valence-electron chi connectivity index (χ4n) is 3.36. The van der Waals surface area contributed by atoms with E-state index in [0.29, 0.717) is 19.2 Å². The van der Waals surface area contributed by atoms with Crippen LogP contribution in [0.25, 0.3) is 0 Å². The molecule has 1 heterocycles. The molecule has 4 heteroatoms. The smallest absolute Gasteiger partial charge is 0.119 e. The van der Waals surface area contributed by atoms with Crippen LogP contribution in [0.2, 0.25) is 0 Å². The largest absolute Gasteiger partial charge is 0.492 e. The first-order valence-electron chi connectivity index (χ1n) is 9.09. The van der Waals surface area contributed by atoms with Crippen LogP contribution >= 0.6 is 0 Å². The van der Waals surface area contributed by atoms with E-state index < -0.39 is 6.10 Å². The summed E-state index contributed by atoms with van der Waals surface area (Å²) in [6.45, 7) is 7.60. The van der Waals surface area contributed by atoms with Gasteiger partial charge in [-0.3, -0.25) is 9.80 Å². The molecule has 0 aromatic heterocycles. The Hall–Kier alpha value is -1.88. The monoisotopic (exact) mass is 340 g/mol. The van der Waals surface area contributed by atoms with Gasteiger partial charge in [0.05, 0.1) is 6.10 Å². The quantitative estimate of drug-likeness (QED) is 0.841. The minimum absolute atomic E-state index is 0.420. The second-order valence-electron chi connectivity index (χ2n) is 6.73. The van der Waals surface area contributed by atoms with Crippen LogP contribution in [-0.2, 0) is 0 Å². The van der Waals surface area contributed by atoms with Crippen molar-refractivity contribution in [3.05, 3.63) is 66.2 Å². The Morgan fingerprint density at radius 1 is 1.04 bits per heavy atom. The fourth-order valence-corrected chi connectivity index (χ4v) is 3.36. The van der Waals surface area contributed by atoms with Crippen LogP contribution in [0.15, 0.2) is 60.7 Å². The summed E-state index contributed by atoms with van der Waals surface area (Å²) in [6, 6.07) is 20.3. The van der Waals surface area contributed by atoms with Crippen molar-refractivity contribution in [2.75, 3.05) is 39.3 Å². The van der Waals surface area contributed by atoms with E-state index in [1.807, 2.05) is 60.7 Å². The van der Waals surface area contributed by atoms with Crippen molar-refractivity contribution in [3.8, 4) is 5.75 Å². The molecular formula is C21H28N2O2. The number of β-amino-alcohol motifs (C(OH)–C–C–N with tert-alkyl or cyclic N) is 1. The Labute approximate surface area is 150 Å². The zero-order valence-corrected chi connectivity index (χ0v) is 14.9. The molecule has 0 amide bonds. The third kappa shape index (κ3) is 5.30. The van der Waals surface area contributed by atoms with E-state index in [1.54, 1.807) is 0 Å². The lowest BCUT2D eigenvalue weighted by Crippen LogP contribution is -2.53. The number of ether oxygens (including phenoxy) is 1. The number of para-hydroxylation sites is 1. The van der Waals surface area contributed by atoms with Gasteiger partial charge in [-0.1, -0.05) is 48.5 Å². The van der Waals surface area contributed by atoms with Gasteiger partial charge in [0.15, 0.2) is 0 Å². The highest BCUT2D eigenvalue weighted by Crippen LogP contribution is 2.18. The fraction of sp³-hybridized carbons (Fsp3) is 0.429. The lowest BCUT2D eigenvalue weighted by molar-refractivity contribution is 0.0347. The Balaban J connectivity index is 1.41. The van der Waals surface area contributed by atoms with Crippen molar-refractivity contribution in [1.29, 1.82) is 0 Å². The molecule has 134 valence electrons. The molecule has 0 spiro atoms. The van der Waals surface area contributed by atoms with Crippen molar-refractivity contribution >= 4 is 0 Å². The second-order valence-corrected chi connectivity index (χ2v) is 6.73. The summed E-state index contributed by atoms with van der Waals surface area (Å²) in [6.07, 6.45) is -0.420. The lowest BCUT2D eigenvalue weighted by Gasteiger charge is -2.40. The van der Waals surface area contributed by atoms with Gasteiger partial charge in [-0.05, 0) is 24.6 Å². The van der Waals surface area contributed by atoms with E-state index in [-0.39, 0.29) is 0 Å². The molecule has 0 bridgehead atoms. The van der Waals surface area contributed by atoms with Crippen LogP contribution in [0.3, 0.4) is 0 Å². The molecule has 2 aromatic rings. The molecule has 1 aliphatic rings. The molecule has 0 radical (unpaired) electrons. The number of benzene rings is 2. The van der Waals surface area contributed by atoms with Crippen LogP contribution < -0.4 is 4.74 Å². The van der Waals surface area contributed by atoms with Crippen molar-refractivity contribution in [1.82, 2.24) is 9.80 Å². The van der Waals surface area contributed by atoms with Crippen LogP contribution in [0.4, 0.5) is 0 Å². The minimum atomic E-state index is -0.420. The molecular weight excluding hydrogens is 312 g/mol. The number of nitrogens with zero attached hydrogens (tertiary/aromatic N) is 2. The highest BCUT2D eigenvalue weighted by Gasteiger charge is 2.25. The van der Waals surface area contributed by atoms with E-state index in [0.717, 1.165) is 37.5 Å². The second kappa shape index (κ2) is 8.99. The number of hydrogen-bond acceptors (Lipinski definition) is 4. The summed E-state index contributed by atoms with van der Waals surface area (Å²) < 4.78 is 5.80. The molecule has 1 fully saturated rings. The molecule has 0 unspecified atom stereocenters. The van der Waals surface area contributed by atoms with E-state index in [9.17, 15) is 5.11 Å².